The first-order valence-electron chi connectivity index (χ1n) is 7.88. The number of amides is 1. The monoisotopic (exact) mass is 374 g/mol. The maximum absolute atomic E-state index is 12.6. The van der Waals surface area contributed by atoms with Gasteiger partial charge in [-0.2, -0.15) is 18.2 Å². The fraction of sp³-hybridized carbons (Fsp3) is 0.533. The summed E-state index contributed by atoms with van der Waals surface area (Å²) in [4.78, 5) is 18.9. The van der Waals surface area contributed by atoms with Crippen LogP contribution in [0.4, 0.5) is 13.2 Å². The van der Waals surface area contributed by atoms with E-state index in [1.54, 1.807) is 6.07 Å². The second kappa shape index (κ2) is 7.12. The van der Waals surface area contributed by atoms with Gasteiger partial charge in [0.25, 0.3) is 0 Å². The minimum absolute atomic E-state index is 0.0197. The molecule has 1 aliphatic heterocycles. The van der Waals surface area contributed by atoms with E-state index in [1.165, 1.54) is 11.3 Å². The van der Waals surface area contributed by atoms with Crippen LogP contribution in [0, 0.1) is 0 Å². The Bertz CT molecular complexity index is 756. The number of halogens is 3. The number of rotatable bonds is 5. The SMILES string of the molecule is CCCNC(=O)CN1CCc2sc(-c3noc(C(F)(F)F)n3)cc2C1. The molecule has 0 spiro atoms. The number of hydrogen-bond acceptors (Lipinski definition) is 6. The second-order valence-electron chi connectivity index (χ2n) is 5.79. The summed E-state index contributed by atoms with van der Waals surface area (Å²) in [5, 5.41) is 6.26. The van der Waals surface area contributed by atoms with Crippen LogP contribution in [-0.2, 0) is 23.9 Å². The predicted octanol–water partition coefficient (Wildman–Crippen LogP) is 2.70. The van der Waals surface area contributed by atoms with Gasteiger partial charge in [0.1, 0.15) is 0 Å². The highest BCUT2D eigenvalue weighted by Gasteiger charge is 2.38. The van der Waals surface area contributed by atoms with Gasteiger partial charge < -0.3 is 9.84 Å². The van der Waals surface area contributed by atoms with Crippen molar-refractivity contribution < 1.29 is 22.5 Å². The van der Waals surface area contributed by atoms with Crippen molar-refractivity contribution in [2.45, 2.75) is 32.5 Å². The topological polar surface area (TPSA) is 71.3 Å². The Morgan fingerprint density at radius 3 is 2.96 bits per heavy atom. The molecule has 0 bridgehead atoms. The Morgan fingerprint density at radius 1 is 1.48 bits per heavy atom. The number of aromatic nitrogens is 2. The molecular weight excluding hydrogens is 357 g/mol. The van der Waals surface area contributed by atoms with E-state index in [-0.39, 0.29) is 11.7 Å². The number of nitrogens with zero attached hydrogens (tertiary/aromatic N) is 3. The van der Waals surface area contributed by atoms with Gasteiger partial charge in [-0.1, -0.05) is 12.1 Å². The van der Waals surface area contributed by atoms with Gasteiger partial charge in [-0.25, -0.2) is 0 Å². The summed E-state index contributed by atoms with van der Waals surface area (Å²) in [6, 6.07) is 1.78. The molecule has 3 rings (SSSR count). The molecule has 0 atom stereocenters. The Labute approximate surface area is 146 Å². The maximum atomic E-state index is 12.6. The number of carbonyl (C=O) groups is 1. The zero-order chi connectivity index (χ0) is 18.0. The van der Waals surface area contributed by atoms with Crippen molar-refractivity contribution in [3.8, 4) is 10.7 Å². The third kappa shape index (κ3) is 4.18. The summed E-state index contributed by atoms with van der Waals surface area (Å²) in [6.07, 6.45) is -3.02. The van der Waals surface area contributed by atoms with Crippen LogP contribution in [0.25, 0.3) is 10.7 Å². The van der Waals surface area contributed by atoms with Crippen LogP contribution in [-0.4, -0.2) is 40.6 Å². The zero-order valence-electron chi connectivity index (χ0n) is 13.5. The molecular formula is C15H17F3N4O2S. The summed E-state index contributed by atoms with van der Waals surface area (Å²) in [7, 11) is 0. The molecule has 2 aromatic heterocycles. The molecule has 10 heteroatoms. The number of fused-ring (bicyclic) bond motifs is 1. The molecule has 2 aromatic rings. The van der Waals surface area contributed by atoms with Gasteiger partial charge in [0.15, 0.2) is 0 Å². The standard InChI is InChI=1S/C15H17F3N4O2S/c1-2-4-19-12(23)8-22-5-3-10-9(7-22)6-11(25-10)13-20-14(24-21-13)15(16,17)18/h6H,2-5,7-8H2,1H3,(H,19,23). The van der Waals surface area contributed by atoms with Crippen LogP contribution >= 0.6 is 11.3 Å². The highest BCUT2D eigenvalue weighted by molar-refractivity contribution is 7.15. The maximum Gasteiger partial charge on any atom is 0.471 e. The molecule has 136 valence electrons. The Hall–Kier alpha value is -1.94. The normalized spacial score (nSPS) is 15.2. The van der Waals surface area contributed by atoms with Gasteiger partial charge in [0.05, 0.1) is 11.4 Å². The van der Waals surface area contributed by atoms with E-state index in [1.807, 2.05) is 11.8 Å². The first kappa shape index (κ1) is 17.9. The fourth-order valence-corrected chi connectivity index (χ4v) is 3.69. The van der Waals surface area contributed by atoms with Crippen LogP contribution in [0.2, 0.25) is 0 Å². The van der Waals surface area contributed by atoms with E-state index < -0.39 is 12.1 Å². The van der Waals surface area contributed by atoms with Crippen molar-refractivity contribution in [2.75, 3.05) is 19.6 Å². The summed E-state index contributed by atoms with van der Waals surface area (Å²) in [5.74, 6) is -1.42. The van der Waals surface area contributed by atoms with Crippen molar-refractivity contribution in [2.24, 2.45) is 0 Å². The van der Waals surface area contributed by atoms with Crippen LogP contribution in [0.3, 0.4) is 0 Å². The Balaban J connectivity index is 1.69. The van der Waals surface area contributed by atoms with Crippen molar-refractivity contribution in [3.05, 3.63) is 22.4 Å². The molecule has 1 aliphatic rings. The molecule has 1 N–H and O–H groups in total. The first-order valence-corrected chi connectivity index (χ1v) is 8.70. The van der Waals surface area contributed by atoms with Crippen molar-refractivity contribution in [1.82, 2.24) is 20.4 Å². The lowest BCUT2D eigenvalue weighted by molar-refractivity contribution is -0.159. The van der Waals surface area contributed by atoms with E-state index >= 15 is 0 Å². The van der Waals surface area contributed by atoms with E-state index in [4.69, 9.17) is 0 Å². The van der Waals surface area contributed by atoms with E-state index in [2.05, 4.69) is 20.0 Å². The number of alkyl halides is 3. The highest BCUT2D eigenvalue weighted by atomic mass is 32.1. The number of nitrogens with one attached hydrogen (secondary N) is 1. The lowest BCUT2D eigenvalue weighted by Gasteiger charge is -2.25. The Kier molecular flexibility index (Phi) is 5.09. The molecule has 6 nitrogen and oxygen atoms in total. The quantitative estimate of drug-likeness (QED) is 0.871. The molecule has 0 unspecified atom stereocenters. The van der Waals surface area contributed by atoms with Gasteiger partial charge in [0, 0.05) is 24.5 Å². The average molecular weight is 374 g/mol. The minimum atomic E-state index is -4.65. The molecule has 0 fully saturated rings. The van der Waals surface area contributed by atoms with Crippen LogP contribution < -0.4 is 5.32 Å². The van der Waals surface area contributed by atoms with Crippen molar-refractivity contribution >= 4 is 17.2 Å². The molecule has 0 radical (unpaired) electrons. The van der Waals surface area contributed by atoms with Gasteiger partial charge in [-0.3, -0.25) is 9.69 Å². The highest BCUT2D eigenvalue weighted by Crippen LogP contribution is 2.35. The molecule has 3 heterocycles. The van der Waals surface area contributed by atoms with Gasteiger partial charge in [-0.05, 0) is 24.5 Å². The van der Waals surface area contributed by atoms with Crippen LogP contribution in [0.1, 0.15) is 29.7 Å². The lowest BCUT2D eigenvalue weighted by atomic mass is 10.1. The van der Waals surface area contributed by atoms with Gasteiger partial charge in [0.2, 0.25) is 11.7 Å². The third-order valence-electron chi connectivity index (χ3n) is 3.77. The predicted molar refractivity (Wildman–Crippen MR) is 84.9 cm³/mol. The molecule has 0 saturated carbocycles. The number of hydrogen-bond donors (Lipinski definition) is 1. The van der Waals surface area contributed by atoms with E-state index in [0.29, 0.717) is 24.5 Å². The first-order chi connectivity index (χ1) is 11.9. The molecule has 25 heavy (non-hydrogen) atoms. The van der Waals surface area contributed by atoms with E-state index in [9.17, 15) is 18.0 Å². The van der Waals surface area contributed by atoms with Crippen molar-refractivity contribution in [3.63, 3.8) is 0 Å². The lowest BCUT2D eigenvalue weighted by Crippen LogP contribution is -2.39. The van der Waals surface area contributed by atoms with Gasteiger partial charge in [-0.15, -0.1) is 11.3 Å². The molecule has 0 aliphatic carbocycles. The molecule has 0 aromatic carbocycles. The Morgan fingerprint density at radius 2 is 2.28 bits per heavy atom. The average Bonchev–Trinajstić information content (AvgIpc) is 3.18. The largest absolute Gasteiger partial charge is 0.471 e. The number of carbonyl (C=O) groups excluding carboxylic acids is 1. The molecule has 0 saturated heterocycles. The second-order valence-corrected chi connectivity index (χ2v) is 6.93. The van der Waals surface area contributed by atoms with Crippen LogP contribution in [0.15, 0.2) is 10.6 Å². The fourth-order valence-electron chi connectivity index (χ4n) is 2.60. The smallest absolute Gasteiger partial charge is 0.355 e. The summed E-state index contributed by atoms with van der Waals surface area (Å²) in [6.45, 7) is 4.26. The molecule has 1 amide bonds. The van der Waals surface area contributed by atoms with E-state index in [0.717, 1.165) is 29.8 Å². The summed E-state index contributed by atoms with van der Waals surface area (Å²) in [5.41, 5.74) is 0.993. The van der Waals surface area contributed by atoms with Crippen LogP contribution in [0.5, 0.6) is 0 Å². The third-order valence-corrected chi connectivity index (χ3v) is 5.01. The minimum Gasteiger partial charge on any atom is -0.355 e. The summed E-state index contributed by atoms with van der Waals surface area (Å²) < 4.78 is 42.0. The zero-order valence-corrected chi connectivity index (χ0v) is 14.3. The summed E-state index contributed by atoms with van der Waals surface area (Å²) >= 11 is 1.37. The number of thiophene rings is 1. The van der Waals surface area contributed by atoms with Crippen molar-refractivity contribution in [1.29, 1.82) is 0 Å². The van der Waals surface area contributed by atoms with Gasteiger partial charge >= 0.3 is 12.1 Å².